The molecule has 2 aromatic rings. The molecule has 3 N–H and O–H groups in total. The fourth-order valence-electron chi connectivity index (χ4n) is 1.53. The fourth-order valence-corrected chi connectivity index (χ4v) is 1.53. The van der Waals surface area contributed by atoms with Crippen molar-refractivity contribution in [2.75, 3.05) is 5.32 Å². The number of aromatic hydroxyl groups is 1. The highest BCUT2D eigenvalue weighted by Crippen LogP contribution is 2.25. The zero-order valence-electron chi connectivity index (χ0n) is 10.0. The van der Waals surface area contributed by atoms with Gasteiger partial charge in [0.1, 0.15) is 17.8 Å². The molecular weight excluding hydrogens is 250 g/mol. The van der Waals surface area contributed by atoms with Crippen molar-refractivity contribution in [3.63, 3.8) is 0 Å². The van der Waals surface area contributed by atoms with Gasteiger partial charge in [-0.3, -0.25) is 4.79 Å². The van der Waals surface area contributed by atoms with E-state index in [4.69, 9.17) is 9.52 Å². The summed E-state index contributed by atoms with van der Waals surface area (Å²) in [5.41, 5.74) is 0.290. The van der Waals surface area contributed by atoms with Gasteiger partial charge in [0.15, 0.2) is 0 Å². The zero-order chi connectivity index (χ0) is 14.0. The number of aromatic carboxylic acids is 1. The minimum atomic E-state index is -1.14. The number of nitrogens with one attached hydrogen (secondary N) is 1. The molecule has 0 aliphatic heterocycles. The van der Waals surface area contributed by atoms with Crippen molar-refractivity contribution in [2.45, 2.75) is 6.92 Å². The van der Waals surface area contributed by atoms with Crippen molar-refractivity contribution >= 4 is 17.6 Å². The topological polar surface area (TPSA) is 99.8 Å². The van der Waals surface area contributed by atoms with E-state index in [-0.39, 0.29) is 22.6 Å². The first-order valence-electron chi connectivity index (χ1n) is 5.40. The third kappa shape index (κ3) is 2.74. The van der Waals surface area contributed by atoms with Crippen LogP contribution in [-0.4, -0.2) is 22.1 Å². The molecule has 0 spiro atoms. The number of amides is 1. The van der Waals surface area contributed by atoms with E-state index in [1.165, 1.54) is 30.5 Å². The van der Waals surface area contributed by atoms with E-state index in [0.717, 1.165) is 0 Å². The predicted molar refractivity (Wildman–Crippen MR) is 66.5 cm³/mol. The Kier molecular flexibility index (Phi) is 3.24. The molecule has 1 aromatic carbocycles. The Morgan fingerprint density at radius 3 is 2.53 bits per heavy atom. The van der Waals surface area contributed by atoms with Gasteiger partial charge in [-0.2, -0.15) is 0 Å². The number of carboxylic acids is 1. The van der Waals surface area contributed by atoms with E-state index >= 15 is 0 Å². The van der Waals surface area contributed by atoms with Crippen LogP contribution in [0.4, 0.5) is 5.69 Å². The van der Waals surface area contributed by atoms with Crippen molar-refractivity contribution in [2.24, 2.45) is 0 Å². The van der Waals surface area contributed by atoms with Gasteiger partial charge in [0, 0.05) is 0 Å². The highest BCUT2D eigenvalue weighted by Gasteiger charge is 2.13. The first kappa shape index (κ1) is 12.7. The molecule has 0 aliphatic carbocycles. The largest absolute Gasteiger partial charge is 0.506 e. The second-order valence-corrected chi connectivity index (χ2v) is 3.94. The molecule has 19 heavy (non-hydrogen) atoms. The summed E-state index contributed by atoms with van der Waals surface area (Å²) in [6.45, 7) is 1.69. The number of carbonyl (C=O) groups excluding carboxylic acids is 1. The number of phenolic OH excluding ortho intramolecular Hbond substituents is 1. The smallest absolute Gasteiger partial charge is 0.335 e. The molecule has 6 heteroatoms. The average molecular weight is 261 g/mol. The monoisotopic (exact) mass is 261 g/mol. The lowest BCUT2D eigenvalue weighted by Gasteiger charge is -2.07. The third-order valence-corrected chi connectivity index (χ3v) is 2.48. The number of carbonyl (C=O) groups is 2. The Morgan fingerprint density at radius 2 is 1.95 bits per heavy atom. The number of hydrogen-bond acceptors (Lipinski definition) is 4. The van der Waals surface area contributed by atoms with E-state index in [1.807, 2.05) is 0 Å². The van der Waals surface area contributed by atoms with E-state index < -0.39 is 11.9 Å². The lowest BCUT2D eigenvalue weighted by molar-refractivity contribution is 0.0696. The van der Waals surface area contributed by atoms with E-state index in [2.05, 4.69) is 5.32 Å². The number of benzene rings is 1. The molecule has 0 atom stereocenters. The maximum absolute atomic E-state index is 11.8. The SMILES string of the molecule is Cc1cc(C(=O)Nc2cc(C(=O)O)ccc2O)co1. The molecule has 0 saturated heterocycles. The van der Waals surface area contributed by atoms with Crippen molar-refractivity contribution in [1.82, 2.24) is 0 Å². The molecule has 1 amide bonds. The van der Waals surface area contributed by atoms with Gasteiger partial charge >= 0.3 is 5.97 Å². The Bertz CT molecular complexity index is 644. The molecule has 1 aromatic heterocycles. The van der Waals surface area contributed by atoms with Crippen LogP contribution in [0.3, 0.4) is 0 Å². The van der Waals surface area contributed by atoms with Gasteiger partial charge in [-0.1, -0.05) is 0 Å². The summed E-state index contributed by atoms with van der Waals surface area (Å²) in [7, 11) is 0. The third-order valence-electron chi connectivity index (χ3n) is 2.48. The first-order valence-corrected chi connectivity index (χ1v) is 5.40. The Labute approximate surface area is 108 Å². The van der Waals surface area contributed by atoms with Crippen LogP contribution in [-0.2, 0) is 0 Å². The van der Waals surface area contributed by atoms with E-state index in [1.54, 1.807) is 6.92 Å². The molecule has 6 nitrogen and oxygen atoms in total. The minimum absolute atomic E-state index is 0.0310. The van der Waals surface area contributed by atoms with E-state index in [9.17, 15) is 14.7 Å². The van der Waals surface area contributed by atoms with Crippen molar-refractivity contribution in [3.8, 4) is 5.75 Å². The average Bonchev–Trinajstić information content (AvgIpc) is 2.78. The van der Waals surface area contributed by atoms with Crippen LogP contribution in [0.1, 0.15) is 26.5 Å². The molecule has 0 fully saturated rings. The van der Waals surface area contributed by atoms with E-state index in [0.29, 0.717) is 5.76 Å². The van der Waals surface area contributed by atoms with Gasteiger partial charge in [0.2, 0.25) is 0 Å². The number of rotatable bonds is 3. The number of anilines is 1. The van der Waals surface area contributed by atoms with Gasteiger partial charge in [-0.25, -0.2) is 4.79 Å². The summed E-state index contributed by atoms with van der Waals surface area (Å²) in [5, 5.41) is 20.9. The van der Waals surface area contributed by atoms with Gasteiger partial charge in [-0.15, -0.1) is 0 Å². The van der Waals surface area contributed by atoms with Gasteiger partial charge in [-0.05, 0) is 31.2 Å². The summed E-state index contributed by atoms with van der Waals surface area (Å²) in [6, 6.07) is 5.17. The summed E-state index contributed by atoms with van der Waals surface area (Å²) < 4.78 is 5.00. The predicted octanol–water partition coefficient (Wildman–Crippen LogP) is 2.24. The van der Waals surface area contributed by atoms with Crippen LogP contribution in [0.2, 0.25) is 0 Å². The molecule has 0 saturated carbocycles. The maximum Gasteiger partial charge on any atom is 0.335 e. The lowest BCUT2D eigenvalue weighted by Crippen LogP contribution is -2.11. The molecule has 2 rings (SSSR count). The van der Waals surface area contributed by atoms with Crippen molar-refractivity contribution in [3.05, 3.63) is 47.4 Å². The number of hydrogen-bond donors (Lipinski definition) is 3. The summed E-state index contributed by atoms with van der Waals surface area (Å²) >= 11 is 0. The van der Waals surface area contributed by atoms with Gasteiger partial charge in [0.05, 0.1) is 16.8 Å². The van der Waals surface area contributed by atoms with Crippen LogP contribution >= 0.6 is 0 Å². The number of furan rings is 1. The molecule has 1 heterocycles. The molecule has 0 radical (unpaired) electrons. The number of aryl methyl sites for hydroxylation is 1. The van der Waals surface area contributed by atoms with Crippen LogP contribution in [0, 0.1) is 6.92 Å². The maximum atomic E-state index is 11.8. The molecule has 0 unspecified atom stereocenters. The number of carboxylic acid groups (broad SMARTS) is 1. The second kappa shape index (κ2) is 4.85. The molecule has 0 bridgehead atoms. The highest BCUT2D eigenvalue weighted by atomic mass is 16.4. The molecule has 98 valence electrons. The Hall–Kier alpha value is -2.76. The quantitative estimate of drug-likeness (QED) is 0.736. The van der Waals surface area contributed by atoms with Gasteiger partial charge < -0.3 is 19.9 Å². The standard InChI is InChI=1S/C13H11NO5/c1-7-4-9(6-19-7)12(16)14-10-5-8(13(17)18)2-3-11(10)15/h2-6,15H,1H3,(H,14,16)(H,17,18). The molecule has 0 aliphatic rings. The summed E-state index contributed by atoms with van der Waals surface area (Å²) in [4.78, 5) is 22.6. The van der Waals surface area contributed by atoms with Crippen LogP contribution in [0.15, 0.2) is 34.9 Å². The summed E-state index contributed by atoms with van der Waals surface area (Å²) in [6.07, 6.45) is 1.28. The fraction of sp³-hybridized carbons (Fsp3) is 0.0769. The summed E-state index contributed by atoms with van der Waals surface area (Å²) in [5.74, 6) is -1.27. The van der Waals surface area contributed by atoms with Gasteiger partial charge in [0.25, 0.3) is 5.91 Å². The molecular formula is C13H11NO5. The minimum Gasteiger partial charge on any atom is -0.506 e. The first-order chi connectivity index (χ1) is 8.97. The van der Waals surface area contributed by atoms with Crippen LogP contribution in [0.25, 0.3) is 0 Å². The lowest BCUT2D eigenvalue weighted by atomic mass is 10.2. The van der Waals surface area contributed by atoms with Crippen LogP contribution in [0.5, 0.6) is 5.75 Å². The number of phenols is 1. The van der Waals surface area contributed by atoms with Crippen molar-refractivity contribution < 1.29 is 24.2 Å². The van der Waals surface area contributed by atoms with Crippen LogP contribution < -0.4 is 5.32 Å². The zero-order valence-corrected chi connectivity index (χ0v) is 10.0. The normalized spacial score (nSPS) is 10.2. The second-order valence-electron chi connectivity index (χ2n) is 3.94. The Morgan fingerprint density at radius 1 is 1.21 bits per heavy atom. The highest BCUT2D eigenvalue weighted by molar-refractivity contribution is 6.05. The van der Waals surface area contributed by atoms with Crippen molar-refractivity contribution in [1.29, 1.82) is 0 Å². The Balaban J connectivity index is 2.25.